The van der Waals surface area contributed by atoms with Crippen molar-refractivity contribution < 1.29 is 25.5 Å². The number of nitrogens with one attached hydrogen (secondary N) is 1. The number of aryl methyl sites for hydroxylation is 3. The van der Waals surface area contributed by atoms with Crippen molar-refractivity contribution in [1.29, 1.82) is 0 Å². The molecule has 6 N–H and O–H groups in total. The molecule has 10 rings (SSSR count). The van der Waals surface area contributed by atoms with Crippen LogP contribution in [0.15, 0.2) is 158 Å². The predicted octanol–water partition coefficient (Wildman–Crippen LogP) is 12.9. The SMILES string of the molecule is Cc1ccccc1-c1ccccc1CCc1ccc2[nH]c3ccccc3c2c1-c1cccc(-c2c3ccccc3c(-c3c(O)c(O)c(O)c(O)c3O)c3ccccc23)c1. The van der Waals surface area contributed by atoms with Gasteiger partial charge in [-0.1, -0.05) is 140 Å². The summed E-state index contributed by atoms with van der Waals surface area (Å²) in [6.45, 7) is 2.17. The first-order valence-corrected chi connectivity index (χ1v) is 19.7. The van der Waals surface area contributed by atoms with E-state index < -0.39 is 28.7 Å². The van der Waals surface area contributed by atoms with E-state index in [1.54, 1.807) is 0 Å². The Bertz CT molecular complexity index is 3220. The number of hydrogen-bond acceptors (Lipinski definition) is 5. The Hall–Kier alpha value is -7.70. The second kappa shape index (κ2) is 14.0. The highest BCUT2D eigenvalue weighted by molar-refractivity contribution is 6.23. The van der Waals surface area contributed by atoms with Gasteiger partial charge in [0.05, 0.1) is 5.56 Å². The zero-order valence-electron chi connectivity index (χ0n) is 32.2. The summed E-state index contributed by atoms with van der Waals surface area (Å²) in [6, 6.07) is 54.2. The highest BCUT2D eigenvalue weighted by Gasteiger charge is 2.28. The zero-order chi connectivity index (χ0) is 40.4. The van der Waals surface area contributed by atoms with E-state index in [-0.39, 0.29) is 5.56 Å². The molecule has 10 aromatic rings. The quantitative estimate of drug-likeness (QED) is 0.0548. The zero-order valence-corrected chi connectivity index (χ0v) is 32.2. The Labute approximate surface area is 340 Å². The molecule has 59 heavy (non-hydrogen) atoms. The van der Waals surface area contributed by atoms with E-state index in [0.29, 0.717) is 16.3 Å². The van der Waals surface area contributed by atoms with Crippen molar-refractivity contribution in [2.24, 2.45) is 0 Å². The smallest absolute Gasteiger partial charge is 0.208 e. The number of phenolic OH excluding ortho intramolecular Hbond substituents is 5. The molecule has 0 bridgehead atoms. The number of benzene rings is 9. The third-order valence-electron chi connectivity index (χ3n) is 11.9. The van der Waals surface area contributed by atoms with Gasteiger partial charge in [-0.05, 0) is 110 Å². The lowest BCUT2D eigenvalue weighted by Gasteiger charge is -2.20. The monoisotopic (exact) mass is 769 g/mol. The molecular formula is C53H39NO5. The van der Waals surface area contributed by atoms with E-state index in [9.17, 15) is 25.5 Å². The Morgan fingerprint density at radius 2 is 0.881 bits per heavy atom. The molecule has 6 nitrogen and oxygen atoms in total. The van der Waals surface area contributed by atoms with Crippen molar-refractivity contribution in [3.8, 4) is 73.3 Å². The molecule has 0 aliphatic carbocycles. The van der Waals surface area contributed by atoms with Crippen LogP contribution in [0, 0.1) is 6.92 Å². The van der Waals surface area contributed by atoms with Crippen LogP contribution >= 0.6 is 0 Å². The Morgan fingerprint density at radius 1 is 0.373 bits per heavy atom. The molecule has 9 aromatic carbocycles. The average Bonchev–Trinajstić information content (AvgIpc) is 3.66. The van der Waals surface area contributed by atoms with Gasteiger partial charge in [0.25, 0.3) is 0 Å². The molecular weight excluding hydrogens is 731 g/mol. The van der Waals surface area contributed by atoms with Crippen LogP contribution in [0.4, 0.5) is 0 Å². The Morgan fingerprint density at radius 3 is 1.54 bits per heavy atom. The summed E-state index contributed by atoms with van der Waals surface area (Å²) in [5.41, 5.74) is 12.8. The summed E-state index contributed by atoms with van der Waals surface area (Å²) in [5.74, 6) is -4.29. The molecule has 0 amide bonds. The number of para-hydroxylation sites is 1. The van der Waals surface area contributed by atoms with Gasteiger partial charge in [-0.3, -0.25) is 0 Å². The summed E-state index contributed by atoms with van der Waals surface area (Å²) in [6.07, 6.45) is 1.67. The molecule has 1 aromatic heterocycles. The van der Waals surface area contributed by atoms with Crippen LogP contribution < -0.4 is 0 Å². The molecule has 0 radical (unpaired) electrons. The summed E-state index contributed by atoms with van der Waals surface area (Å²) >= 11 is 0. The summed E-state index contributed by atoms with van der Waals surface area (Å²) < 4.78 is 0. The summed E-state index contributed by atoms with van der Waals surface area (Å²) in [7, 11) is 0. The lowest BCUT2D eigenvalue weighted by atomic mass is 9.84. The third-order valence-corrected chi connectivity index (χ3v) is 11.9. The fourth-order valence-electron chi connectivity index (χ4n) is 9.13. The highest BCUT2D eigenvalue weighted by atomic mass is 16.4. The topological polar surface area (TPSA) is 117 Å². The number of H-pyrrole nitrogens is 1. The number of hydrogen-bond donors (Lipinski definition) is 6. The summed E-state index contributed by atoms with van der Waals surface area (Å²) in [4.78, 5) is 3.67. The minimum absolute atomic E-state index is 0.176. The number of aromatic amines is 1. The van der Waals surface area contributed by atoms with E-state index in [1.165, 1.54) is 38.8 Å². The highest BCUT2D eigenvalue weighted by Crippen LogP contribution is 2.58. The Balaban J connectivity index is 1.19. The molecule has 0 aliphatic rings. The molecule has 0 fully saturated rings. The number of aromatic hydroxyl groups is 5. The minimum atomic E-state index is -0.995. The fraction of sp³-hybridized carbons (Fsp3) is 0.0566. The number of phenols is 5. The maximum Gasteiger partial charge on any atom is 0.208 e. The van der Waals surface area contributed by atoms with Gasteiger partial charge in [0.15, 0.2) is 11.5 Å². The number of rotatable bonds is 7. The van der Waals surface area contributed by atoms with Gasteiger partial charge in [0.2, 0.25) is 17.2 Å². The van der Waals surface area contributed by atoms with Gasteiger partial charge in [-0.15, -0.1) is 0 Å². The first-order valence-electron chi connectivity index (χ1n) is 19.7. The van der Waals surface area contributed by atoms with Crippen LogP contribution in [-0.2, 0) is 12.8 Å². The van der Waals surface area contributed by atoms with Crippen molar-refractivity contribution >= 4 is 43.4 Å². The van der Waals surface area contributed by atoms with Crippen LogP contribution in [0.2, 0.25) is 0 Å². The van der Waals surface area contributed by atoms with Gasteiger partial charge in [0, 0.05) is 27.4 Å². The maximum atomic E-state index is 11.2. The van der Waals surface area contributed by atoms with Gasteiger partial charge in [-0.2, -0.15) is 0 Å². The Kier molecular flexibility index (Phi) is 8.50. The van der Waals surface area contributed by atoms with Gasteiger partial charge >= 0.3 is 0 Å². The van der Waals surface area contributed by atoms with Gasteiger partial charge in [0.1, 0.15) is 0 Å². The molecule has 1 heterocycles. The number of fused-ring (bicyclic) bond motifs is 5. The lowest BCUT2D eigenvalue weighted by molar-refractivity contribution is 0.330. The van der Waals surface area contributed by atoms with Crippen LogP contribution in [-0.4, -0.2) is 30.5 Å². The fourth-order valence-corrected chi connectivity index (χ4v) is 9.13. The van der Waals surface area contributed by atoms with Crippen molar-refractivity contribution in [1.82, 2.24) is 4.98 Å². The second-order valence-electron chi connectivity index (χ2n) is 15.2. The van der Waals surface area contributed by atoms with Crippen molar-refractivity contribution in [2.45, 2.75) is 19.8 Å². The van der Waals surface area contributed by atoms with Crippen LogP contribution in [0.5, 0.6) is 28.7 Å². The maximum absolute atomic E-state index is 11.2. The van der Waals surface area contributed by atoms with E-state index in [2.05, 4.69) is 121 Å². The number of aromatic nitrogens is 1. The summed E-state index contributed by atoms with van der Waals surface area (Å²) in [5, 5.41) is 59.2. The largest absolute Gasteiger partial charge is 0.504 e. The van der Waals surface area contributed by atoms with Crippen LogP contribution in [0.25, 0.3) is 87.9 Å². The van der Waals surface area contributed by atoms with E-state index in [0.717, 1.165) is 56.7 Å². The van der Waals surface area contributed by atoms with Gasteiger partial charge < -0.3 is 30.5 Å². The first kappa shape index (κ1) is 35.7. The van der Waals surface area contributed by atoms with Crippen LogP contribution in [0.1, 0.15) is 16.7 Å². The average molecular weight is 770 g/mol. The molecule has 0 unspecified atom stereocenters. The van der Waals surface area contributed by atoms with Crippen molar-refractivity contribution in [3.63, 3.8) is 0 Å². The van der Waals surface area contributed by atoms with E-state index >= 15 is 0 Å². The van der Waals surface area contributed by atoms with E-state index in [1.807, 2.05) is 48.5 Å². The minimum Gasteiger partial charge on any atom is -0.504 e. The molecule has 6 heteroatoms. The molecule has 0 spiro atoms. The molecule has 0 atom stereocenters. The van der Waals surface area contributed by atoms with E-state index in [4.69, 9.17) is 0 Å². The van der Waals surface area contributed by atoms with Crippen LogP contribution in [0.3, 0.4) is 0 Å². The standard InChI is InChI=1S/C53H39NO5/c1-30-13-2-4-17-35(30)36-18-5-3-14-31(36)25-26-32-27-28-43-47(41-23-10-11-24-42(41)54-43)44(32)33-15-12-16-34(29-33)45-37-19-6-8-21-39(37)46(40-22-9-7-20-38(40)45)48-49(55)51(57)53(59)52(58)50(48)56/h2-24,27-29,54-59H,25-26H2,1H3. The third kappa shape index (κ3) is 5.71. The molecule has 0 aliphatic heterocycles. The van der Waals surface area contributed by atoms with Gasteiger partial charge in [-0.25, -0.2) is 0 Å². The molecule has 0 saturated carbocycles. The second-order valence-corrected chi connectivity index (χ2v) is 15.2. The van der Waals surface area contributed by atoms with Crippen molar-refractivity contribution in [3.05, 3.63) is 174 Å². The lowest BCUT2D eigenvalue weighted by Crippen LogP contribution is -1.98. The molecule has 286 valence electrons. The first-order chi connectivity index (χ1) is 28.8. The normalized spacial score (nSPS) is 11.6. The molecule has 0 saturated heterocycles. The predicted molar refractivity (Wildman–Crippen MR) is 239 cm³/mol. The van der Waals surface area contributed by atoms with Crippen molar-refractivity contribution in [2.75, 3.05) is 0 Å².